The standard InChI is InChI=1S/C27H23BrN2/c1-20(28)24-17-25(24)26-18-30(19-29-26)27(21-11-5-2-6-12-21,22-13-7-3-8-14-22)23-15-9-4-10-16-23/h2-16,18-19,24-25H,1,17H2. The van der Waals surface area contributed by atoms with E-state index in [2.05, 4.69) is 124 Å². The van der Waals surface area contributed by atoms with E-state index in [1.54, 1.807) is 0 Å². The molecule has 1 aliphatic rings. The van der Waals surface area contributed by atoms with Gasteiger partial charge in [0.15, 0.2) is 0 Å². The summed E-state index contributed by atoms with van der Waals surface area (Å²) in [6, 6.07) is 32.1. The topological polar surface area (TPSA) is 17.8 Å². The van der Waals surface area contributed by atoms with Gasteiger partial charge in [-0.1, -0.05) is 114 Å². The average Bonchev–Trinajstić information content (AvgIpc) is 3.47. The minimum Gasteiger partial charge on any atom is -0.319 e. The fourth-order valence-electron chi connectivity index (χ4n) is 4.57. The Morgan fingerprint density at radius 3 is 1.70 bits per heavy atom. The predicted molar refractivity (Wildman–Crippen MR) is 126 cm³/mol. The van der Waals surface area contributed by atoms with Crippen molar-refractivity contribution in [2.45, 2.75) is 17.9 Å². The Kier molecular flexibility index (Phi) is 4.92. The molecule has 148 valence electrons. The Bertz CT molecular complexity index is 1050. The van der Waals surface area contributed by atoms with Crippen LogP contribution >= 0.6 is 15.9 Å². The number of benzene rings is 3. The number of imidazole rings is 1. The molecule has 0 bridgehead atoms. The third-order valence-corrected chi connectivity index (χ3v) is 6.73. The van der Waals surface area contributed by atoms with Crippen LogP contribution in [0.25, 0.3) is 0 Å². The van der Waals surface area contributed by atoms with Crippen LogP contribution in [0.5, 0.6) is 0 Å². The first-order valence-electron chi connectivity index (χ1n) is 10.3. The quantitative estimate of drug-likeness (QED) is 0.295. The van der Waals surface area contributed by atoms with E-state index >= 15 is 0 Å². The Hall–Kier alpha value is -2.91. The number of aromatic nitrogens is 2. The van der Waals surface area contributed by atoms with Gasteiger partial charge >= 0.3 is 0 Å². The van der Waals surface area contributed by atoms with E-state index < -0.39 is 5.54 Å². The largest absolute Gasteiger partial charge is 0.319 e. The summed E-state index contributed by atoms with van der Waals surface area (Å²) in [7, 11) is 0. The molecule has 1 saturated carbocycles. The van der Waals surface area contributed by atoms with Crippen LogP contribution in [0.1, 0.15) is 34.7 Å². The SMILES string of the molecule is C=C(Br)C1CC1c1cn(C(c2ccccc2)(c2ccccc2)c2ccccc2)cn1. The van der Waals surface area contributed by atoms with E-state index in [1.165, 1.54) is 16.7 Å². The molecule has 3 heteroatoms. The van der Waals surface area contributed by atoms with Crippen molar-refractivity contribution in [2.75, 3.05) is 0 Å². The second kappa shape index (κ2) is 7.73. The summed E-state index contributed by atoms with van der Waals surface area (Å²) in [6.45, 7) is 4.07. The van der Waals surface area contributed by atoms with Gasteiger partial charge in [0.25, 0.3) is 0 Å². The minimum atomic E-state index is -0.495. The van der Waals surface area contributed by atoms with Crippen LogP contribution in [0.3, 0.4) is 0 Å². The van der Waals surface area contributed by atoms with Crippen LogP contribution in [0.15, 0.2) is 115 Å². The number of halogens is 1. The van der Waals surface area contributed by atoms with Gasteiger partial charge in [0.05, 0.1) is 12.0 Å². The molecule has 0 saturated heterocycles. The first kappa shape index (κ1) is 19.1. The summed E-state index contributed by atoms with van der Waals surface area (Å²) < 4.78 is 3.36. The van der Waals surface area contributed by atoms with E-state index in [9.17, 15) is 0 Å². The second-order valence-electron chi connectivity index (χ2n) is 7.91. The highest BCUT2D eigenvalue weighted by atomic mass is 79.9. The molecule has 1 heterocycles. The molecule has 2 atom stereocenters. The number of rotatable bonds is 6. The average molecular weight is 455 g/mol. The van der Waals surface area contributed by atoms with Gasteiger partial charge in [0.1, 0.15) is 5.54 Å². The molecule has 0 aliphatic heterocycles. The summed E-state index contributed by atoms with van der Waals surface area (Å²) >= 11 is 3.57. The fourth-order valence-corrected chi connectivity index (χ4v) is 5.07. The number of hydrogen-bond acceptors (Lipinski definition) is 1. The molecule has 4 aromatic rings. The Morgan fingerprint density at radius 1 is 0.833 bits per heavy atom. The molecular formula is C27H23BrN2. The van der Waals surface area contributed by atoms with Gasteiger partial charge in [-0.05, 0) is 33.5 Å². The molecule has 0 amide bonds. The number of allylic oxidation sites excluding steroid dienone is 1. The van der Waals surface area contributed by atoms with Gasteiger partial charge < -0.3 is 4.57 Å². The van der Waals surface area contributed by atoms with Crippen molar-refractivity contribution < 1.29 is 0 Å². The van der Waals surface area contributed by atoms with Crippen molar-refractivity contribution in [2.24, 2.45) is 5.92 Å². The molecule has 3 aromatic carbocycles. The monoisotopic (exact) mass is 454 g/mol. The lowest BCUT2D eigenvalue weighted by atomic mass is 9.77. The van der Waals surface area contributed by atoms with Crippen molar-refractivity contribution in [1.29, 1.82) is 0 Å². The zero-order valence-electron chi connectivity index (χ0n) is 16.7. The van der Waals surface area contributed by atoms with Crippen molar-refractivity contribution in [3.63, 3.8) is 0 Å². The highest BCUT2D eigenvalue weighted by Crippen LogP contribution is 2.53. The Labute approximate surface area is 186 Å². The molecule has 1 aromatic heterocycles. The van der Waals surface area contributed by atoms with Crippen LogP contribution in [-0.4, -0.2) is 9.55 Å². The van der Waals surface area contributed by atoms with Crippen molar-refractivity contribution >= 4 is 15.9 Å². The maximum Gasteiger partial charge on any atom is 0.121 e. The van der Waals surface area contributed by atoms with Gasteiger partial charge in [-0.15, -0.1) is 0 Å². The zero-order valence-corrected chi connectivity index (χ0v) is 18.2. The number of nitrogens with zero attached hydrogens (tertiary/aromatic N) is 2. The Morgan fingerprint density at radius 2 is 1.30 bits per heavy atom. The lowest BCUT2D eigenvalue weighted by molar-refractivity contribution is 0.514. The van der Waals surface area contributed by atoms with E-state index in [1.807, 2.05) is 6.33 Å². The summed E-state index contributed by atoms with van der Waals surface area (Å²) in [5.41, 5.74) is 4.27. The third kappa shape index (κ3) is 3.14. The molecule has 1 aliphatic carbocycles. The van der Waals surface area contributed by atoms with E-state index in [0.29, 0.717) is 11.8 Å². The summed E-state index contributed by atoms with van der Waals surface area (Å²) in [6.07, 6.45) is 5.33. The minimum absolute atomic E-state index is 0.443. The van der Waals surface area contributed by atoms with Crippen LogP contribution < -0.4 is 0 Å². The first-order valence-corrected chi connectivity index (χ1v) is 11.1. The smallest absolute Gasteiger partial charge is 0.121 e. The highest BCUT2D eigenvalue weighted by molar-refractivity contribution is 9.11. The van der Waals surface area contributed by atoms with Crippen LogP contribution in [0, 0.1) is 5.92 Å². The van der Waals surface area contributed by atoms with Gasteiger partial charge in [-0.25, -0.2) is 4.98 Å². The predicted octanol–water partition coefficient (Wildman–Crippen LogP) is 6.74. The van der Waals surface area contributed by atoms with Crippen LogP contribution in [0.4, 0.5) is 0 Å². The van der Waals surface area contributed by atoms with Gasteiger partial charge in [0.2, 0.25) is 0 Å². The Balaban J connectivity index is 1.75. The molecule has 5 rings (SSSR count). The summed E-state index contributed by atoms with van der Waals surface area (Å²) in [4.78, 5) is 4.85. The normalized spacial score (nSPS) is 18.2. The maximum atomic E-state index is 4.85. The maximum absolute atomic E-state index is 4.85. The van der Waals surface area contributed by atoms with Gasteiger partial charge in [0, 0.05) is 12.1 Å². The molecule has 0 radical (unpaired) electrons. The zero-order chi connectivity index (χ0) is 20.6. The lowest BCUT2D eigenvalue weighted by Gasteiger charge is -2.37. The molecular weight excluding hydrogens is 432 g/mol. The van der Waals surface area contributed by atoms with Crippen LogP contribution in [-0.2, 0) is 5.54 Å². The first-order chi connectivity index (χ1) is 14.7. The molecule has 2 unspecified atom stereocenters. The van der Waals surface area contributed by atoms with Crippen molar-refractivity contribution in [3.05, 3.63) is 137 Å². The van der Waals surface area contributed by atoms with Crippen LogP contribution in [0.2, 0.25) is 0 Å². The molecule has 30 heavy (non-hydrogen) atoms. The molecule has 1 fully saturated rings. The molecule has 2 nitrogen and oxygen atoms in total. The van der Waals surface area contributed by atoms with Gasteiger partial charge in [-0.3, -0.25) is 0 Å². The third-order valence-electron chi connectivity index (χ3n) is 6.14. The lowest BCUT2D eigenvalue weighted by Crippen LogP contribution is -2.36. The second-order valence-corrected chi connectivity index (χ2v) is 8.93. The highest BCUT2D eigenvalue weighted by Gasteiger charge is 2.43. The van der Waals surface area contributed by atoms with Crippen molar-refractivity contribution in [3.8, 4) is 0 Å². The van der Waals surface area contributed by atoms with E-state index in [-0.39, 0.29) is 0 Å². The summed E-state index contributed by atoms with van der Waals surface area (Å²) in [5.74, 6) is 0.922. The van der Waals surface area contributed by atoms with E-state index in [4.69, 9.17) is 4.98 Å². The molecule has 0 spiro atoms. The van der Waals surface area contributed by atoms with E-state index in [0.717, 1.165) is 16.6 Å². The fraction of sp³-hybridized carbons (Fsp3) is 0.148. The number of hydrogen-bond donors (Lipinski definition) is 0. The van der Waals surface area contributed by atoms with Crippen molar-refractivity contribution in [1.82, 2.24) is 9.55 Å². The summed E-state index contributed by atoms with van der Waals surface area (Å²) in [5, 5.41) is 0. The van der Waals surface area contributed by atoms with Gasteiger partial charge in [-0.2, -0.15) is 0 Å². The molecule has 0 N–H and O–H groups in total.